The Hall–Kier alpha value is -2.70. The van der Waals surface area contributed by atoms with Gasteiger partial charge in [0, 0.05) is 25.5 Å². The summed E-state index contributed by atoms with van der Waals surface area (Å²) in [5.41, 5.74) is 3.70. The van der Waals surface area contributed by atoms with Crippen LogP contribution in [0.25, 0.3) is 16.7 Å². The summed E-state index contributed by atoms with van der Waals surface area (Å²) in [4.78, 5) is 16.6. The molecule has 2 heterocycles. The molecule has 30 heavy (non-hydrogen) atoms. The number of aryl methyl sites for hydroxylation is 2. The Balaban J connectivity index is 1.72. The van der Waals surface area contributed by atoms with Gasteiger partial charge in [0.15, 0.2) is 5.82 Å². The molecule has 0 saturated heterocycles. The van der Waals surface area contributed by atoms with Gasteiger partial charge in [0.2, 0.25) is 5.65 Å². The van der Waals surface area contributed by atoms with E-state index in [1.54, 1.807) is 7.11 Å². The molecule has 1 aromatic carbocycles. The third-order valence-corrected chi connectivity index (χ3v) is 5.33. The Morgan fingerprint density at radius 3 is 2.70 bits per heavy atom. The monoisotopic (exact) mass is 411 g/mol. The number of Topliss-reactive ketones (excluding diaryl/α,β-unsaturated/α-hetero) is 1. The van der Waals surface area contributed by atoms with Gasteiger partial charge in [0.1, 0.15) is 17.4 Å². The SMILES string of the molecule is CCc1cc2c(cc1OC)nc(NCCCCCC(=O)CC(C)C)c1nnc(C)n12. The highest BCUT2D eigenvalue weighted by Crippen LogP contribution is 2.28. The molecule has 7 nitrogen and oxygen atoms in total. The van der Waals surface area contributed by atoms with Crippen LogP contribution in [0.15, 0.2) is 12.1 Å². The van der Waals surface area contributed by atoms with Crippen LogP contribution in [0.2, 0.25) is 0 Å². The van der Waals surface area contributed by atoms with E-state index >= 15 is 0 Å². The van der Waals surface area contributed by atoms with E-state index in [0.717, 1.165) is 71.9 Å². The number of unbranched alkanes of at least 4 members (excludes halogenated alkanes) is 2. The van der Waals surface area contributed by atoms with Crippen molar-refractivity contribution in [3.63, 3.8) is 0 Å². The average molecular weight is 412 g/mol. The minimum atomic E-state index is 0.371. The zero-order valence-corrected chi connectivity index (χ0v) is 18.8. The highest BCUT2D eigenvalue weighted by molar-refractivity contribution is 5.85. The van der Waals surface area contributed by atoms with E-state index in [-0.39, 0.29) is 0 Å². The maximum atomic E-state index is 11.8. The maximum absolute atomic E-state index is 11.8. The Kier molecular flexibility index (Phi) is 7.24. The van der Waals surface area contributed by atoms with Crippen molar-refractivity contribution in [3.8, 4) is 5.75 Å². The number of nitrogens with zero attached hydrogens (tertiary/aromatic N) is 4. The largest absolute Gasteiger partial charge is 0.496 e. The lowest BCUT2D eigenvalue weighted by Gasteiger charge is -2.13. The molecule has 0 spiro atoms. The molecule has 7 heteroatoms. The summed E-state index contributed by atoms with van der Waals surface area (Å²) in [6, 6.07) is 4.10. The second-order valence-corrected chi connectivity index (χ2v) is 8.25. The molecule has 0 saturated carbocycles. The standard InChI is InChI=1S/C23H33N5O2/c1-6-17-13-20-19(14-21(17)30-5)25-22(23-27-26-16(4)28(20)23)24-11-9-7-8-10-18(29)12-15(2)3/h13-15H,6-12H2,1-5H3,(H,24,25). The first kappa shape index (κ1) is 22.0. The first-order valence-electron chi connectivity index (χ1n) is 10.9. The van der Waals surface area contributed by atoms with Gasteiger partial charge < -0.3 is 10.1 Å². The lowest BCUT2D eigenvalue weighted by Crippen LogP contribution is -2.08. The van der Waals surface area contributed by atoms with Gasteiger partial charge in [0.25, 0.3) is 0 Å². The van der Waals surface area contributed by atoms with Crippen LogP contribution in [-0.4, -0.2) is 39.0 Å². The molecular weight excluding hydrogens is 378 g/mol. The summed E-state index contributed by atoms with van der Waals surface area (Å²) in [5, 5.41) is 12.0. The highest BCUT2D eigenvalue weighted by Gasteiger charge is 2.15. The summed E-state index contributed by atoms with van der Waals surface area (Å²) in [6.45, 7) is 9.02. The summed E-state index contributed by atoms with van der Waals surface area (Å²) in [6.07, 6.45) is 5.18. The molecule has 0 unspecified atom stereocenters. The smallest absolute Gasteiger partial charge is 0.204 e. The Bertz CT molecular complexity index is 1030. The van der Waals surface area contributed by atoms with Crippen LogP contribution in [0.4, 0.5) is 5.82 Å². The zero-order valence-electron chi connectivity index (χ0n) is 18.8. The first-order valence-corrected chi connectivity index (χ1v) is 10.9. The number of rotatable bonds is 11. The molecule has 0 aliphatic carbocycles. The van der Waals surface area contributed by atoms with Crippen molar-refractivity contribution in [3.05, 3.63) is 23.5 Å². The predicted octanol–water partition coefficient (Wildman–Crippen LogP) is 4.74. The second kappa shape index (κ2) is 9.87. The summed E-state index contributed by atoms with van der Waals surface area (Å²) >= 11 is 0. The van der Waals surface area contributed by atoms with Crippen LogP contribution in [0.1, 0.15) is 64.3 Å². The molecular formula is C23H33N5O2. The fraction of sp³-hybridized carbons (Fsp3) is 0.565. The van der Waals surface area contributed by atoms with Gasteiger partial charge in [-0.3, -0.25) is 9.20 Å². The van der Waals surface area contributed by atoms with Crippen LogP contribution in [0.3, 0.4) is 0 Å². The number of fused-ring (bicyclic) bond motifs is 3. The van der Waals surface area contributed by atoms with Crippen LogP contribution in [0.5, 0.6) is 5.75 Å². The number of ketones is 1. The number of benzene rings is 1. The third-order valence-electron chi connectivity index (χ3n) is 5.33. The Morgan fingerprint density at radius 2 is 2.00 bits per heavy atom. The van der Waals surface area contributed by atoms with Crippen LogP contribution in [0, 0.1) is 12.8 Å². The number of carbonyl (C=O) groups excluding carboxylic acids is 1. The average Bonchev–Trinajstić information content (AvgIpc) is 3.11. The number of methoxy groups -OCH3 is 1. The number of hydrogen-bond acceptors (Lipinski definition) is 6. The highest BCUT2D eigenvalue weighted by atomic mass is 16.5. The fourth-order valence-electron chi connectivity index (χ4n) is 3.82. The molecule has 0 atom stereocenters. The van der Waals surface area contributed by atoms with Crippen LogP contribution in [-0.2, 0) is 11.2 Å². The van der Waals surface area contributed by atoms with E-state index < -0.39 is 0 Å². The van der Waals surface area contributed by atoms with Crippen molar-refractivity contribution in [1.29, 1.82) is 0 Å². The van der Waals surface area contributed by atoms with Gasteiger partial charge in [-0.15, -0.1) is 10.2 Å². The van der Waals surface area contributed by atoms with Crippen molar-refractivity contribution >= 4 is 28.3 Å². The van der Waals surface area contributed by atoms with Crippen molar-refractivity contribution in [2.24, 2.45) is 5.92 Å². The quantitative estimate of drug-likeness (QED) is 0.459. The second-order valence-electron chi connectivity index (χ2n) is 8.25. The van der Waals surface area contributed by atoms with Crippen molar-refractivity contribution in [1.82, 2.24) is 19.6 Å². The predicted molar refractivity (Wildman–Crippen MR) is 120 cm³/mol. The minimum absolute atomic E-state index is 0.371. The first-order chi connectivity index (χ1) is 14.4. The van der Waals surface area contributed by atoms with Gasteiger partial charge in [-0.1, -0.05) is 27.2 Å². The minimum Gasteiger partial charge on any atom is -0.496 e. The van der Waals surface area contributed by atoms with Crippen molar-refractivity contribution in [2.45, 2.75) is 66.2 Å². The topological polar surface area (TPSA) is 81.4 Å². The molecule has 0 fully saturated rings. The van der Waals surface area contributed by atoms with Gasteiger partial charge in [-0.25, -0.2) is 4.98 Å². The molecule has 0 aliphatic heterocycles. The van der Waals surface area contributed by atoms with E-state index in [0.29, 0.717) is 24.5 Å². The number of anilines is 1. The molecule has 3 aromatic rings. The fourth-order valence-corrected chi connectivity index (χ4v) is 3.82. The van der Waals surface area contributed by atoms with Crippen LogP contribution < -0.4 is 10.1 Å². The molecule has 3 rings (SSSR count). The van der Waals surface area contributed by atoms with Crippen molar-refractivity contribution in [2.75, 3.05) is 19.0 Å². The van der Waals surface area contributed by atoms with E-state index in [4.69, 9.17) is 9.72 Å². The third kappa shape index (κ3) is 4.89. The number of aromatic nitrogens is 4. The maximum Gasteiger partial charge on any atom is 0.204 e. The Morgan fingerprint density at radius 1 is 1.20 bits per heavy atom. The zero-order chi connectivity index (χ0) is 21.7. The molecule has 2 aromatic heterocycles. The van der Waals surface area contributed by atoms with Gasteiger partial charge >= 0.3 is 0 Å². The lowest BCUT2D eigenvalue weighted by molar-refractivity contribution is -0.119. The normalized spacial score (nSPS) is 11.5. The number of carbonyl (C=O) groups is 1. The van der Waals surface area contributed by atoms with Gasteiger partial charge in [-0.2, -0.15) is 0 Å². The molecule has 162 valence electrons. The summed E-state index contributed by atoms with van der Waals surface area (Å²) < 4.78 is 7.60. The lowest BCUT2D eigenvalue weighted by atomic mass is 10.0. The molecule has 0 radical (unpaired) electrons. The van der Waals surface area contributed by atoms with Crippen molar-refractivity contribution < 1.29 is 9.53 Å². The van der Waals surface area contributed by atoms with E-state index in [1.807, 2.05) is 17.4 Å². The molecule has 0 bridgehead atoms. The number of nitrogens with one attached hydrogen (secondary N) is 1. The Labute approximate surface area is 178 Å². The van der Waals surface area contributed by atoms with Crippen LogP contribution >= 0.6 is 0 Å². The van der Waals surface area contributed by atoms with E-state index in [9.17, 15) is 4.79 Å². The van der Waals surface area contributed by atoms with E-state index in [1.165, 1.54) is 0 Å². The summed E-state index contributed by atoms with van der Waals surface area (Å²) in [7, 11) is 1.69. The van der Waals surface area contributed by atoms with E-state index in [2.05, 4.69) is 42.4 Å². The number of ether oxygens (including phenoxy) is 1. The molecule has 0 aliphatic rings. The van der Waals surface area contributed by atoms with Gasteiger partial charge in [-0.05, 0) is 43.7 Å². The molecule has 0 amide bonds. The number of hydrogen-bond donors (Lipinski definition) is 1. The van der Waals surface area contributed by atoms with Gasteiger partial charge in [0.05, 0.1) is 18.1 Å². The summed E-state index contributed by atoms with van der Waals surface area (Å²) in [5.74, 6) is 3.22. The molecule has 1 N–H and O–H groups in total.